The van der Waals surface area contributed by atoms with Crippen LogP contribution < -0.4 is 5.73 Å². The van der Waals surface area contributed by atoms with Gasteiger partial charge in [-0.25, -0.2) is 9.67 Å². The zero-order valence-electron chi connectivity index (χ0n) is 12.5. The van der Waals surface area contributed by atoms with Gasteiger partial charge in [-0.1, -0.05) is 13.8 Å². The van der Waals surface area contributed by atoms with Gasteiger partial charge in [-0.3, -0.25) is 4.79 Å². The molecule has 3 heterocycles. The van der Waals surface area contributed by atoms with Crippen molar-refractivity contribution in [1.29, 1.82) is 0 Å². The van der Waals surface area contributed by atoms with E-state index in [1.54, 1.807) is 17.3 Å². The lowest BCUT2D eigenvalue weighted by molar-refractivity contribution is 0.0790. The van der Waals surface area contributed by atoms with Gasteiger partial charge in [0.15, 0.2) is 5.65 Å². The zero-order chi connectivity index (χ0) is 15.0. The average Bonchev–Trinajstić information content (AvgIpc) is 3.04. The van der Waals surface area contributed by atoms with Crippen molar-refractivity contribution >= 4 is 16.9 Å². The molecule has 0 saturated carbocycles. The first kappa shape index (κ1) is 14.0. The number of carbonyl (C=O) groups excluding carboxylic acids is 1. The van der Waals surface area contributed by atoms with E-state index in [0.29, 0.717) is 18.0 Å². The van der Waals surface area contributed by atoms with E-state index >= 15 is 0 Å². The predicted octanol–water partition coefficient (Wildman–Crippen LogP) is 1.26. The van der Waals surface area contributed by atoms with Gasteiger partial charge in [0.2, 0.25) is 0 Å². The van der Waals surface area contributed by atoms with E-state index in [1.165, 1.54) is 0 Å². The van der Waals surface area contributed by atoms with Crippen molar-refractivity contribution < 1.29 is 4.79 Å². The molecular formula is C15H21N5O. The van der Waals surface area contributed by atoms with Crippen molar-refractivity contribution in [3.05, 3.63) is 24.0 Å². The van der Waals surface area contributed by atoms with Crippen LogP contribution >= 0.6 is 0 Å². The summed E-state index contributed by atoms with van der Waals surface area (Å²) in [6, 6.07) is 1.97. The number of fused-ring (bicyclic) bond motifs is 1. The standard InChI is InChI=1S/C15H21N5O/c1-10(2)8-20-14-11(7-18-20)5-12(6-17-14)15(21)19-4-3-13(16)9-19/h5-7,10,13H,3-4,8-9,16H2,1-2H3/t13-/m1/s1. The summed E-state index contributed by atoms with van der Waals surface area (Å²) in [5.41, 5.74) is 7.30. The van der Waals surface area contributed by atoms with Crippen LogP contribution in [-0.4, -0.2) is 44.7 Å². The van der Waals surface area contributed by atoms with Crippen molar-refractivity contribution in [3.63, 3.8) is 0 Å². The molecule has 3 rings (SSSR count). The molecule has 2 N–H and O–H groups in total. The fraction of sp³-hybridized carbons (Fsp3) is 0.533. The summed E-state index contributed by atoms with van der Waals surface area (Å²) in [6.07, 6.45) is 4.29. The quantitative estimate of drug-likeness (QED) is 0.922. The molecular weight excluding hydrogens is 266 g/mol. The minimum absolute atomic E-state index is 0.00830. The second-order valence-corrected chi connectivity index (χ2v) is 6.16. The van der Waals surface area contributed by atoms with Gasteiger partial charge in [-0.2, -0.15) is 5.10 Å². The lowest BCUT2D eigenvalue weighted by Gasteiger charge is -2.15. The van der Waals surface area contributed by atoms with Crippen LogP contribution in [-0.2, 0) is 6.54 Å². The summed E-state index contributed by atoms with van der Waals surface area (Å²) in [5, 5.41) is 5.26. The lowest BCUT2D eigenvalue weighted by Crippen LogP contribution is -2.31. The molecule has 2 aromatic heterocycles. The van der Waals surface area contributed by atoms with Gasteiger partial charge >= 0.3 is 0 Å². The second-order valence-electron chi connectivity index (χ2n) is 6.16. The van der Waals surface area contributed by atoms with Crippen molar-refractivity contribution in [2.24, 2.45) is 11.7 Å². The molecule has 112 valence electrons. The third kappa shape index (κ3) is 2.76. The van der Waals surface area contributed by atoms with E-state index < -0.39 is 0 Å². The Kier molecular flexibility index (Phi) is 3.63. The van der Waals surface area contributed by atoms with E-state index in [4.69, 9.17) is 5.73 Å². The number of rotatable bonds is 3. The third-order valence-electron chi connectivity index (χ3n) is 3.77. The molecule has 6 nitrogen and oxygen atoms in total. The predicted molar refractivity (Wildman–Crippen MR) is 80.9 cm³/mol. The van der Waals surface area contributed by atoms with Crippen molar-refractivity contribution in [1.82, 2.24) is 19.7 Å². The zero-order valence-corrected chi connectivity index (χ0v) is 12.5. The normalized spacial score (nSPS) is 18.9. The molecule has 0 spiro atoms. The molecule has 1 amide bonds. The largest absolute Gasteiger partial charge is 0.337 e. The fourth-order valence-corrected chi connectivity index (χ4v) is 2.72. The lowest BCUT2D eigenvalue weighted by atomic mass is 10.2. The Balaban J connectivity index is 1.86. The highest BCUT2D eigenvalue weighted by Crippen LogP contribution is 2.17. The van der Waals surface area contributed by atoms with Gasteiger partial charge in [0, 0.05) is 37.3 Å². The van der Waals surface area contributed by atoms with Crippen molar-refractivity contribution in [3.8, 4) is 0 Å². The molecule has 2 aromatic rings. The molecule has 1 aliphatic heterocycles. The molecule has 21 heavy (non-hydrogen) atoms. The summed E-state index contributed by atoms with van der Waals surface area (Å²) in [7, 11) is 0. The summed E-state index contributed by atoms with van der Waals surface area (Å²) < 4.78 is 1.89. The maximum atomic E-state index is 12.4. The third-order valence-corrected chi connectivity index (χ3v) is 3.77. The Morgan fingerprint density at radius 2 is 2.29 bits per heavy atom. The number of nitrogens with zero attached hydrogens (tertiary/aromatic N) is 4. The number of aromatic nitrogens is 3. The van der Waals surface area contributed by atoms with Gasteiger partial charge in [0.25, 0.3) is 5.91 Å². The second kappa shape index (κ2) is 5.44. The van der Waals surface area contributed by atoms with E-state index in [2.05, 4.69) is 23.9 Å². The maximum Gasteiger partial charge on any atom is 0.255 e. The van der Waals surface area contributed by atoms with Crippen LogP contribution in [0.15, 0.2) is 18.5 Å². The maximum absolute atomic E-state index is 12.4. The minimum atomic E-state index is 0.00830. The monoisotopic (exact) mass is 287 g/mol. The van der Waals surface area contributed by atoms with E-state index in [-0.39, 0.29) is 11.9 Å². The van der Waals surface area contributed by atoms with Crippen LogP contribution in [0.2, 0.25) is 0 Å². The highest BCUT2D eigenvalue weighted by molar-refractivity contribution is 5.97. The minimum Gasteiger partial charge on any atom is -0.337 e. The van der Waals surface area contributed by atoms with E-state index in [0.717, 1.165) is 30.5 Å². The molecule has 0 radical (unpaired) electrons. The highest BCUT2D eigenvalue weighted by atomic mass is 16.2. The topological polar surface area (TPSA) is 77.0 Å². The van der Waals surface area contributed by atoms with Crippen LogP contribution in [0.25, 0.3) is 11.0 Å². The molecule has 1 fully saturated rings. The highest BCUT2D eigenvalue weighted by Gasteiger charge is 2.25. The number of likely N-dealkylation sites (tertiary alicyclic amines) is 1. The first-order valence-corrected chi connectivity index (χ1v) is 7.41. The average molecular weight is 287 g/mol. The first-order chi connectivity index (χ1) is 10.0. The van der Waals surface area contributed by atoms with Crippen LogP contribution in [0, 0.1) is 5.92 Å². The number of nitrogens with two attached hydrogens (primary N) is 1. The van der Waals surface area contributed by atoms with Gasteiger partial charge in [-0.15, -0.1) is 0 Å². The van der Waals surface area contributed by atoms with Gasteiger partial charge < -0.3 is 10.6 Å². The Morgan fingerprint density at radius 1 is 1.48 bits per heavy atom. The molecule has 1 aliphatic rings. The van der Waals surface area contributed by atoms with Crippen LogP contribution in [0.5, 0.6) is 0 Å². The van der Waals surface area contributed by atoms with Crippen LogP contribution in [0.4, 0.5) is 0 Å². The fourth-order valence-electron chi connectivity index (χ4n) is 2.72. The smallest absolute Gasteiger partial charge is 0.255 e. The van der Waals surface area contributed by atoms with E-state index in [9.17, 15) is 4.79 Å². The van der Waals surface area contributed by atoms with Gasteiger partial charge in [0.05, 0.1) is 11.8 Å². The van der Waals surface area contributed by atoms with E-state index in [1.807, 2.05) is 10.7 Å². The van der Waals surface area contributed by atoms with Crippen LogP contribution in [0.3, 0.4) is 0 Å². The number of pyridine rings is 1. The Hall–Kier alpha value is -1.95. The molecule has 1 saturated heterocycles. The summed E-state index contributed by atoms with van der Waals surface area (Å²) in [6.45, 7) is 6.46. The van der Waals surface area contributed by atoms with Gasteiger partial charge in [0.1, 0.15) is 0 Å². The molecule has 0 unspecified atom stereocenters. The first-order valence-electron chi connectivity index (χ1n) is 7.41. The van der Waals surface area contributed by atoms with Crippen molar-refractivity contribution in [2.75, 3.05) is 13.1 Å². The SMILES string of the molecule is CC(C)Cn1ncc2cc(C(=O)N3CC[C@@H](N)C3)cnc21. The van der Waals surface area contributed by atoms with Gasteiger partial charge in [-0.05, 0) is 18.4 Å². The number of hydrogen-bond donors (Lipinski definition) is 1. The summed E-state index contributed by atoms with van der Waals surface area (Å²) in [4.78, 5) is 18.6. The molecule has 0 bridgehead atoms. The van der Waals surface area contributed by atoms with Crippen LogP contribution in [0.1, 0.15) is 30.6 Å². The number of amides is 1. The number of hydrogen-bond acceptors (Lipinski definition) is 4. The number of carbonyl (C=O) groups is 1. The Bertz CT molecular complexity index is 663. The summed E-state index contributed by atoms with van der Waals surface area (Å²) >= 11 is 0. The Morgan fingerprint density at radius 3 is 2.95 bits per heavy atom. The molecule has 1 atom stereocenters. The molecule has 0 aromatic carbocycles. The Labute approximate surface area is 123 Å². The summed E-state index contributed by atoms with van der Waals surface area (Å²) in [5.74, 6) is 0.510. The van der Waals surface area contributed by atoms with Crippen molar-refractivity contribution in [2.45, 2.75) is 32.9 Å². The molecule has 0 aliphatic carbocycles. The molecule has 6 heteroatoms.